The molecule has 0 bridgehead atoms. The predicted octanol–water partition coefficient (Wildman–Crippen LogP) is 5.20. The molecule has 0 aromatic carbocycles. The lowest BCUT2D eigenvalue weighted by atomic mass is 10.0. The van der Waals surface area contributed by atoms with Gasteiger partial charge in [0.05, 0.1) is 0 Å². The maximum Gasteiger partial charge on any atom is 0.418 e. The van der Waals surface area contributed by atoms with E-state index in [-0.39, 0.29) is 5.57 Å². The molecule has 0 aliphatic heterocycles. The molecule has 1 atom stereocenters. The summed E-state index contributed by atoms with van der Waals surface area (Å²) >= 11 is 0. The SMILES string of the molecule is C=C(/C=C\C(=C/CCC)C(OC)C(F)(F)F)CCC. The van der Waals surface area contributed by atoms with Gasteiger partial charge in [0.1, 0.15) is 0 Å². The van der Waals surface area contributed by atoms with Crippen LogP contribution in [0.5, 0.6) is 0 Å². The molecule has 0 amide bonds. The van der Waals surface area contributed by atoms with Crippen molar-refractivity contribution in [2.75, 3.05) is 7.11 Å². The van der Waals surface area contributed by atoms with Crippen LogP contribution in [0.4, 0.5) is 13.2 Å². The molecule has 0 aliphatic rings. The Bertz CT molecular complexity index is 327. The summed E-state index contributed by atoms with van der Waals surface area (Å²) < 4.78 is 43.1. The zero-order chi connectivity index (χ0) is 14.9. The van der Waals surface area contributed by atoms with Crippen LogP contribution >= 0.6 is 0 Å². The number of rotatable bonds is 8. The smallest absolute Gasteiger partial charge is 0.367 e. The van der Waals surface area contributed by atoms with Gasteiger partial charge >= 0.3 is 6.18 Å². The normalized spacial score (nSPS) is 14.9. The number of hydrogen-bond acceptors (Lipinski definition) is 1. The average Bonchev–Trinajstić information content (AvgIpc) is 2.31. The fraction of sp³-hybridized carbons (Fsp3) is 0.600. The number of unbranched alkanes of at least 4 members (excludes halogenated alkanes) is 1. The third-order valence-corrected chi connectivity index (χ3v) is 2.59. The fourth-order valence-corrected chi connectivity index (χ4v) is 1.65. The van der Waals surface area contributed by atoms with Crippen molar-refractivity contribution in [2.24, 2.45) is 0 Å². The molecular weight excluding hydrogens is 253 g/mol. The van der Waals surface area contributed by atoms with E-state index in [0.717, 1.165) is 31.9 Å². The van der Waals surface area contributed by atoms with Crippen molar-refractivity contribution in [3.8, 4) is 0 Å². The maximum atomic E-state index is 12.8. The van der Waals surface area contributed by atoms with Crippen molar-refractivity contribution >= 4 is 0 Å². The Balaban J connectivity index is 5.05. The van der Waals surface area contributed by atoms with Crippen LogP contribution in [0, 0.1) is 0 Å². The topological polar surface area (TPSA) is 9.23 Å². The molecule has 0 aromatic heterocycles. The van der Waals surface area contributed by atoms with E-state index in [2.05, 4.69) is 11.3 Å². The molecule has 0 aromatic rings. The maximum absolute atomic E-state index is 12.8. The number of allylic oxidation sites excluding steroid dienone is 3. The molecule has 0 rings (SSSR count). The molecule has 110 valence electrons. The van der Waals surface area contributed by atoms with Crippen LogP contribution in [0.1, 0.15) is 39.5 Å². The fourth-order valence-electron chi connectivity index (χ4n) is 1.65. The summed E-state index contributed by atoms with van der Waals surface area (Å²) in [6, 6.07) is 0. The highest BCUT2D eigenvalue weighted by atomic mass is 19.4. The number of hydrogen-bond donors (Lipinski definition) is 0. The van der Waals surface area contributed by atoms with Gasteiger partial charge in [0.25, 0.3) is 0 Å². The van der Waals surface area contributed by atoms with Gasteiger partial charge in [0, 0.05) is 7.11 Å². The second-order valence-electron chi connectivity index (χ2n) is 4.39. The minimum absolute atomic E-state index is 0.147. The van der Waals surface area contributed by atoms with Crippen molar-refractivity contribution in [1.29, 1.82) is 0 Å². The highest BCUT2D eigenvalue weighted by Gasteiger charge is 2.41. The molecule has 0 N–H and O–H groups in total. The van der Waals surface area contributed by atoms with Gasteiger partial charge in [-0.1, -0.05) is 57.1 Å². The lowest BCUT2D eigenvalue weighted by molar-refractivity contribution is -0.198. The standard InChI is InChI=1S/C15H23F3O/c1-5-7-9-13(11-10-12(3)8-6-2)14(19-4)15(16,17)18/h9-11,14H,3,5-8H2,1-2,4H3/b11-10-,13-9+. The highest BCUT2D eigenvalue weighted by molar-refractivity contribution is 5.30. The van der Waals surface area contributed by atoms with Crippen molar-refractivity contribution in [2.45, 2.75) is 51.8 Å². The van der Waals surface area contributed by atoms with Crippen LogP contribution < -0.4 is 0 Å². The van der Waals surface area contributed by atoms with E-state index in [0.29, 0.717) is 6.42 Å². The van der Waals surface area contributed by atoms with E-state index in [9.17, 15) is 13.2 Å². The van der Waals surface area contributed by atoms with Gasteiger partial charge in [-0.15, -0.1) is 0 Å². The van der Waals surface area contributed by atoms with Gasteiger partial charge in [0.15, 0.2) is 6.10 Å². The third kappa shape index (κ3) is 7.21. The quantitative estimate of drug-likeness (QED) is 0.553. The molecule has 1 unspecified atom stereocenters. The first-order valence-electron chi connectivity index (χ1n) is 6.52. The number of alkyl halides is 3. The zero-order valence-corrected chi connectivity index (χ0v) is 11.9. The first kappa shape index (κ1) is 18.0. The van der Waals surface area contributed by atoms with Gasteiger partial charge in [-0.2, -0.15) is 13.2 Å². The van der Waals surface area contributed by atoms with Crippen LogP contribution in [0.2, 0.25) is 0 Å². The van der Waals surface area contributed by atoms with Gasteiger partial charge in [-0.05, 0) is 18.4 Å². The lowest BCUT2D eigenvalue weighted by Crippen LogP contribution is -2.32. The molecular formula is C15H23F3O. The summed E-state index contributed by atoms with van der Waals surface area (Å²) in [5.41, 5.74) is 0.969. The van der Waals surface area contributed by atoms with E-state index >= 15 is 0 Å². The molecule has 0 saturated heterocycles. The molecule has 1 nitrogen and oxygen atoms in total. The highest BCUT2D eigenvalue weighted by Crippen LogP contribution is 2.29. The Morgan fingerprint density at radius 2 is 1.84 bits per heavy atom. The average molecular weight is 276 g/mol. The predicted molar refractivity (Wildman–Crippen MR) is 73.0 cm³/mol. The molecule has 0 radical (unpaired) electrons. The van der Waals surface area contributed by atoms with Crippen molar-refractivity contribution < 1.29 is 17.9 Å². The van der Waals surface area contributed by atoms with Crippen LogP contribution in [-0.4, -0.2) is 19.4 Å². The minimum Gasteiger partial charge on any atom is -0.367 e. The molecule has 0 aliphatic carbocycles. The zero-order valence-electron chi connectivity index (χ0n) is 11.9. The van der Waals surface area contributed by atoms with Crippen LogP contribution in [-0.2, 0) is 4.74 Å². The third-order valence-electron chi connectivity index (χ3n) is 2.59. The molecule has 19 heavy (non-hydrogen) atoms. The molecule has 0 heterocycles. The second-order valence-corrected chi connectivity index (χ2v) is 4.39. The summed E-state index contributed by atoms with van der Waals surface area (Å²) in [5, 5.41) is 0. The summed E-state index contributed by atoms with van der Waals surface area (Å²) in [6.07, 6.45) is 1.51. The van der Waals surface area contributed by atoms with Gasteiger partial charge in [0.2, 0.25) is 0 Å². The van der Waals surface area contributed by atoms with Crippen LogP contribution in [0.3, 0.4) is 0 Å². The van der Waals surface area contributed by atoms with E-state index in [4.69, 9.17) is 0 Å². The first-order valence-corrected chi connectivity index (χ1v) is 6.52. The van der Waals surface area contributed by atoms with Crippen molar-refractivity contribution in [3.63, 3.8) is 0 Å². The molecule has 0 fully saturated rings. The number of methoxy groups -OCH3 is 1. The largest absolute Gasteiger partial charge is 0.418 e. The Morgan fingerprint density at radius 1 is 1.21 bits per heavy atom. The number of ether oxygens (including phenoxy) is 1. The Morgan fingerprint density at radius 3 is 2.26 bits per heavy atom. The van der Waals surface area contributed by atoms with Crippen LogP contribution in [0.25, 0.3) is 0 Å². The monoisotopic (exact) mass is 276 g/mol. The van der Waals surface area contributed by atoms with Crippen LogP contribution in [0.15, 0.2) is 36.0 Å². The first-order chi connectivity index (χ1) is 8.86. The molecule has 4 heteroatoms. The van der Waals surface area contributed by atoms with Gasteiger partial charge < -0.3 is 4.74 Å². The number of halogens is 3. The van der Waals surface area contributed by atoms with Gasteiger partial charge in [-0.25, -0.2) is 0 Å². The van der Waals surface area contributed by atoms with E-state index in [1.54, 1.807) is 12.2 Å². The van der Waals surface area contributed by atoms with Crippen molar-refractivity contribution in [3.05, 3.63) is 36.0 Å². The summed E-state index contributed by atoms with van der Waals surface area (Å²) in [4.78, 5) is 0. The van der Waals surface area contributed by atoms with E-state index in [1.165, 1.54) is 6.08 Å². The molecule has 0 spiro atoms. The lowest BCUT2D eigenvalue weighted by Gasteiger charge is -2.20. The summed E-state index contributed by atoms with van der Waals surface area (Å²) in [7, 11) is 1.08. The van der Waals surface area contributed by atoms with E-state index in [1.807, 2.05) is 13.8 Å². The van der Waals surface area contributed by atoms with Gasteiger partial charge in [-0.3, -0.25) is 0 Å². The second kappa shape index (κ2) is 8.97. The summed E-state index contributed by atoms with van der Waals surface area (Å²) in [5.74, 6) is 0. The van der Waals surface area contributed by atoms with E-state index < -0.39 is 12.3 Å². The van der Waals surface area contributed by atoms with Crippen molar-refractivity contribution in [1.82, 2.24) is 0 Å². The summed E-state index contributed by atoms with van der Waals surface area (Å²) in [6.45, 7) is 7.73. The Kier molecular flexibility index (Phi) is 8.48. The molecule has 0 saturated carbocycles. The Hall–Kier alpha value is -1.03. The minimum atomic E-state index is -4.40. The Labute approximate surface area is 113 Å².